The third-order valence-corrected chi connectivity index (χ3v) is 3.05. The lowest BCUT2D eigenvalue weighted by Crippen LogP contribution is -2.23. The van der Waals surface area contributed by atoms with Crippen LogP contribution in [0.5, 0.6) is 0 Å². The molecule has 0 spiro atoms. The summed E-state index contributed by atoms with van der Waals surface area (Å²) in [6, 6.07) is 6.08. The van der Waals surface area contributed by atoms with Crippen molar-refractivity contribution in [3.8, 4) is 0 Å². The number of amides is 1. The molecule has 0 bridgehead atoms. The number of sulfone groups is 1. The fraction of sp³-hybridized carbons (Fsp3) is 0.200. The fourth-order valence-corrected chi connectivity index (χ4v) is 1.72. The Hall–Kier alpha value is -1.69. The average molecular weight is 241 g/mol. The number of carbonyl (C=O) groups excluding carboxylic acids is 2. The molecule has 1 amide bonds. The van der Waals surface area contributed by atoms with Crippen molar-refractivity contribution in [2.24, 2.45) is 0 Å². The van der Waals surface area contributed by atoms with Gasteiger partial charge in [0.15, 0.2) is 9.84 Å². The molecule has 0 aromatic heterocycles. The van der Waals surface area contributed by atoms with Gasteiger partial charge in [-0.3, -0.25) is 9.59 Å². The Morgan fingerprint density at radius 1 is 1.31 bits per heavy atom. The van der Waals surface area contributed by atoms with E-state index in [-0.39, 0.29) is 17.7 Å². The largest absolute Gasteiger partial charge is 0.346 e. The lowest BCUT2D eigenvalue weighted by Gasteiger charge is -2.03. The van der Waals surface area contributed by atoms with Crippen molar-refractivity contribution in [2.45, 2.75) is 11.4 Å². The van der Waals surface area contributed by atoms with Crippen molar-refractivity contribution in [3.05, 3.63) is 29.8 Å². The zero-order chi connectivity index (χ0) is 12.2. The first-order valence-corrected chi connectivity index (χ1v) is 6.34. The molecule has 1 aromatic carbocycles. The minimum absolute atomic E-state index is 0.185. The number of hydrogen-bond donors (Lipinski definition) is 1. The average Bonchev–Trinajstić information content (AvgIpc) is 2.25. The van der Waals surface area contributed by atoms with E-state index in [2.05, 4.69) is 5.32 Å². The molecule has 0 fully saturated rings. The first kappa shape index (κ1) is 12.4. The topological polar surface area (TPSA) is 80.3 Å². The Morgan fingerprint density at radius 3 is 2.31 bits per heavy atom. The Balaban J connectivity index is 2.73. The maximum Gasteiger partial charge on any atom is 0.284 e. The van der Waals surface area contributed by atoms with Crippen LogP contribution in [0.25, 0.3) is 0 Å². The molecule has 0 aliphatic heterocycles. The number of rotatable bonds is 4. The molecule has 6 heteroatoms. The van der Waals surface area contributed by atoms with Crippen LogP contribution in [0.3, 0.4) is 0 Å². The molecule has 5 nitrogen and oxygen atoms in total. The van der Waals surface area contributed by atoms with Crippen LogP contribution >= 0.6 is 0 Å². The summed E-state index contributed by atoms with van der Waals surface area (Å²) in [5, 5.41) is 2.35. The first-order chi connectivity index (χ1) is 7.43. The van der Waals surface area contributed by atoms with E-state index >= 15 is 0 Å². The summed E-state index contributed by atoms with van der Waals surface area (Å²) in [6.07, 6.45) is 1.31. The van der Waals surface area contributed by atoms with E-state index in [1.165, 1.54) is 12.1 Å². The third kappa shape index (κ3) is 3.47. The number of carbonyl (C=O) groups is 2. The highest BCUT2D eigenvalue weighted by Crippen LogP contribution is 2.09. The van der Waals surface area contributed by atoms with Crippen molar-refractivity contribution in [3.63, 3.8) is 0 Å². The number of hydrogen-bond acceptors (Lipinski definition) is 4. The van der Waals surface area contributed by atoms with Crippen molar-refractivity contribution in [1.82, 2.24) is 5.32 Å². The van der Waals surface area contributed by atoms with Crippen molar-refractivity contribution >= 4 is 22.0 Å². The Morgan fingerprint density at radius 2 is 1.88 bits per heavy atom. The van der Waals surface area contributed by atoms with E-state index in [9.17, 15) is 18.0 Å². The van der Waals surface area contributed by atoms with E-state index in [1.54, 1.807) is 12.1 Å². The molecule has 0 saturated heterocycles. The second-order valence-electron chi connectivity index (χ2n) is 3.25. The van der Waals surface area contributed by atoms with Gasteiger partial charge in [-0.05, 0) is 17.7 Å². The summed E-state index contributed by atoms with van der Waals surface area (Å²) in [5.74, 6) is -0.702. The molecule has 0 heterocycles. The summed E-state index contributed by atoms with van der Waals surface area (Å²) in [4.78, 5) is 20.9. The molecule has 0 aliphatic carbocycles. The van der Waals surface area contributed by atoms with E-state index in [0.717, 1.165) is 11.8 Å². The summed E-state index contributed by atoms with van der Waals surface area (Å²) in [5.41, 5.74) is 0.725. The maximum atomic E-state index is 11.1. The van der Waals surface area contributed by atoms with Gasteiger partial charge in [-0.1, -0.05) is 12.1 Å². The van der Waals surface area contributed by atoms with Crippen LogP contribution < -0.4 is 5.32 Å². The molecule has 0 unspecified atom stereocenters. The molecule has 86 valence electrons. The Labute approximate surface area is 93.4 Å². The molecule has 0 aliphatic rings. The molecule has 16 heavy (non-hydrogen) atoms. The lowest BCUT2D eigenvalue weighted by molar-refractivity contribution is -0.131. The smallest absolute Gasteiger partial charge is 0.284 e. The van der Waals surface area contributed by atoms with Gasteiger partial charge in [-0.2, -0.15) is 0 Å². The molecule has 0 saturated carbocycles. The zero-order valence-corrected chi connectivity index (χ0v) is 9.45. The van der Waals surface area contributed by atoms with E-state index in [4.69, 9.17) is 0 Å². The second-order valence-corrected chi connectivity index (χ2v) is 5.27. The molecular weight excluding hydrogens is 230 g/mol. The molecule has 0 radical (unpaired) electrons. The number of nitrogens with one attached hydrogen (secondary N) is 1. The van der Waals surface area contributed by atoms with Gasteiger partial charge < -0.3 is 5.32 Å². The van der Waals surface area contributed by atoms with Gasteiger partial charge in [0.05, 0.1) is 4.90 Å². The van der Waals surface area contributed by atoms with Crippen LogP contribution in [-0.2, 0) is 26.0 Å². The van der Waals surface area contributed by atoms with Crippen LogP contribution in [0.15, 0.2) is 29.2 Å². The van der Waals surface area contributed by atoms with Gasteiger partial charge in [0.25, 0.3) is 5.91 Å². The standard InChI is InChI=1S/C10H11NO4S/c1-16(14,15)9-4-2-8(3-5-9)6-11-10(13)7-12/h2-5,7H,6H2,1H3,(H,11,13). The zero-order valence-electron chi connectivity index (χ0n) is 8.64. The van der Waals surface area contributed by atoms with Crippen molar-refractivity contribution < 1.29 is 18.0 Å². The molecule has 1 aromatic rings. The van der Waals surface area contributed by atoms with Gasteiger partial charge in [-0.25, -0.2) is 8.42 Å². The predicted octanol–water partition coefficient (Wildman–Crippen LogP) is -0.0948. The third-order valence-electron chi connectivity index (χ3n) is 1.93. The summed E-state index contributed by atoms with van der Waals surface area (Å²) >= 11 is 0. The van der Waals surface area contributed by atoms with Gasteiger partial charge in [0.1, 0.15) is 0 Å². The minimum Gasteiger partial charge on any atom is -0.346 e. The quantitative estimate of drug-likeness (QED) is 0.590. The van der Waals surface area contributed by atoms with E-state index in [0.29, 0.717) is 0 Å². The lowest BCUT2D eigenvalue weighted by atomic mass is 10.2. The van der Waals surface area contributed by atoms with Crippen molar-refractivity contribution in [1.29, 1.82) is 0 Å². The second kappa shape index (κ2) is 4.89. The highest BCUT2D eigenvalue weighted by Gasteiger charge is 2.06. The minimum atomic E-state index is -3.20. The van der Waals surface area contributed by atoms with Gasteiger partial charge >= 0.3 is 0 Å². The number of aldehydes is 1. The number of benzene rings is 1. The highest BCUT2D eigenvalue weighted by molar-refractivity contribution is 7.90. The molecule has 1 rings (SSSR count). The van der Waals surface area contributed by atoms with Gasteiger partial charge in [0.2, 0.25) is 6.29 Å². The Bertz CT molecular complexity index is 490. The maximum absolute atomic E-state index is 11.1. The summed E-state index contributed by atoms with van der Waals surface area (Å²) < 4.78 is 22.3. The van der Waals surface area contributed by atoms with Crippen LogP contribution in [-0.4, -0.2) is 26.9 Å². The first-order valence-electron chi connectivity index (χ1n) is 4.45. The molecule has 0 atom stereocenters. The van der Waals surface area contributed by atoms with Crippen LogP contribution in [0, 0.1) is 0 Å². The SMILES string of the molecule is CS(=O)(=O)c1ccc(CNC(=O)C=O)cc1. The van der Waals surface area contributed by atoms with Crippen molar-refractivity contribution in [2.75, 3.05) is 6.26 Å². The fourth-order valence-electron chi connectivity index (χ4n) is 1.09. The van der Waals surface area contributed by atoms with Crippen LogP contribution in [0.4, 0.5) is 0 Å². The normalized spacial score (nSPS) is 10.8. The van der Waals surface area contributed by atoms with Crippen LogP contribution in [0.2, 0.25) is 0 Å². The summed E-state index contributed by atoms with van der Waals surface area (Å²) in [7, 11) is -3.20. The predicted molar refractivity (Wildman–Crippen MR) is 57.5 cm³/mol. The highest BCUT2D eigenvalue weighted by atomic mass is 32.2. The molecule has 1 N–H and O–H groups in total. The molecular formula is C10H11NO4S. The summed E-state index contributed by atoms with van der Waals surface area (Å²) in [6.45, 7) is 0.196. The van der Waals surface area contributed by atoms with Gasteiger partial charge in [0, 0.05) is 12.8 Å². The van der Waals surface area contributed by atoms with E-state index < -0.39 is 15.7 Å². The van der Waals surface area contributed by atoms with E-state index in [1.807, 2.05) is 0 Å². The Kier molecular flexibility index (Phi) is 3.78. The monoisotopic (exact) mass is 241 g/mol. The van der Waals surface area contributed by atoms with Crippen LogP contribution in [0.1, 0.15) is 5.56 Å². The van der Waals surface area contributed by atoms with Gasteiger partial charge in [-0.15, -0.1) is 0 Å².